The van der Waals surface area contributed by atoms with Gasteiger partial charge < -0.3 is 16.0 Å². The zero-order valence-electron chi connectivity index (χ0n) is 20.2. The Labute approximate surface area is 212 Å². The molecule has 2 fully saturated rings. The van der Waals surface area contributed by atoms with Gasteiger partial charge in [-0.05, 0) is 56.5 Å². The molecule has 3 amide bonds. The van der Waals surface area contributed by atoms with Gasteiger partial charge >= 0.3 is 6.03 Å². The molecular formula is C26H36N6O2S. The molecule has 35 heavy (non-hydrogen) atoms. The summed E-state index contributed by atoms with van der Waals surface area (Å²) in [6.45, 7) is 3.20. The Bertz CT molecular complexity index is 890. The van der Waals surface area contributed by atoms with E-state index in [0.29, 0.717) is 18.2 Å². The van der Waals surface area contributed by atoms with Gasteiger partial charge in [-0.2, -0.15) is 11.8 Å². The number of urea groups is 1. The molecule has 2 aromatic rings. The predicted octanol–water partition coefficient (Wildman–Crippen LogP) is 3.10. The third-order valence-electron chi connectivity index (χ3n) is 6.53. The van der Waals surface area contributed by atoms with Gasteiger partial charge in [0.1, 0.15) is 0 Å². The molecule has 2 aliphatic heterocycles. The number of amides is 3. The number of unbranched alkanes of at least 4 members (excludes halogenated alkanes) is 2. The lowest BCUT2D eigenvalue weighted by Gasteiger charge is -2.21. The normalized spacial score (nSPS) is 20.9. The van der Waals surface area contributed by atoms with E-state index in [1.165, 1.54) is 0 Å². The van der Waals surface area contributed by atoms with E-state index >= 15 is 0 Å². The summed E-state index contributed by atoms with van der Waals surface area (Å²) in [5, 5.41) is 9.54. The Kier molecular flexibility index (Phi) is 9.77. The van der Waals surface area contributed by atoms with Crippen molar-refractivity contribution in [1.29, 1.82) is 0 Å². The van der Waals surface area contributed by atoms with Crippen LogP contribution in [0.25, 0.3) is 0 Å². The first kappa shape index (κ1) is 25.4. The molecule has 0 bridgehead atoms. The van der Waals surface area contributed by atoms with Crippen LogP contribution in [0.5, 0.6) is 0 Å². The van der Waals surface area contributed by atoms with E-state index in [2.05, 4.69) is 43.0 Å². The lowest BCUT2D eigenvalue weighted by atomic mass is 10.0. The molecule has 0 radical (unpaired) electrons. The second kappa shape index (κ2) is 13.4. The molecule has 0 aliphatic carbocycles. The van der Waals surface area contributed by atoms with Crippen molar-refractivity contribution in [2.24, 2.45) is 0 Å². The zero-order valence-corrected chi connectivity index (χ0v) is 21.0. The molecule has 9 heteroatoms. The van der Waals surface area contributed by atoms with E-state index in [4.69, 9.17) is 0 Å². The van der Waals surface area contributed by atoms with Gasteiger partial charge in [0, 0.05) is 49.5 Å². The van der Waals surface area contributed by atoms with Gasteiger partial charge in [-0.25, -0.2) is 4.79 Å². The Morgan fingerprint density at radius 2 is 1.74 bits per heavy atom. The molecule has 0 spiro atoms. The van der Waals surface area contributed by atoms with Crippen molar-refractivity contribution < 1.29 is 9.59 Å². The van der Waals surface area contributed by atoms with Crippen LogP contribution < -0.4 is 16.0 Å². The van der Waals surface area contributed by atoms with E-state index in [9.17, 15) is 9.59 Å². The maximum absolute atomic E-state index is 12.2. The largest absolute Gasteiger partial charge is 0.356 e. The number of carbonyl (C=O) groups is 2. The highest BCUT2D eigenvalue weighted by molar-refractivity contribution is 8.00. The third kappa shape index (κ3) is 8.21. The van der Waals surface area contributed by atoms with Gasteiger partial charge in [0.25, 0.3) is 0 Å². The molecule has 8 nitrogen and oxygen atoms in total. The summed E-state index contributed by atoms with van der Waals surface area (Å²) in [6.07, 6.45) is 9.13. The van der Waals surface area contributed by atoms with Crippen LogP contribution in [0.3, 0.4) is 0 Å². The van der Waals surface area contributed by atoms with Crippen LogP contribution >= 0.6 is 11.8 Å². The number of carbonyl (C=O) groups excluding carboxylic acids is 2. The number of aromatic nitrogens is 2. The van der Waals surface area contributed by atoms with Crippen molar-refractivity contribution in [3.63, 3.8) is 0 Å². The number of hydrogen-bond donors (Lipinski definition) is 3. The van der Waals surface area contributed by atoms with Gasteiger partial charge in [-0.1, -0.05) is 18.6 Å². The Morgan fingerprint density at radius 1 is 1.00 bits per heavy atom. The Hall–Kier alpha value is -2.65. The summed E-state index contributed by atoms with van der Waals surface area (Å²) in [7, 11) is 0. The molecular weight excluding hydrogens is 460 g/mol. The fraction of sp³-hybridized carbons (Fsp3) is 0.538. The zero-order chi connectivity index (χ0) is 24.3. The molecule has 2 aromatic heterocycles. The maximum atomic E-state index is 12.2. The molecule has 3 atom stereocenters. The molecule has 0 unspecified atom stereocenters. The third-order valence-corrected chi connectivity index (χ3v) is 8.04. The van der Waals surface area contributed by atoms with Crippen molar-refractivity contribution in [3.8, 4) is 0 Å². The summed E-state index contributed by atoms with van der Waals surface area (Å²) in [4.78, 5) is 35.0. The van der Waals surface area contributed by atoms with E-state index in [0.717, 1.165) is 68.9 Å². The van der Waals surface area contributed by atoms with Crippen LogP contribution in [0.4, 0.5) is 4.79 Å². The minimum atomic E-state index is -0.0405. The Morgan fingerprint density at radius 3 is 2.43 bits per heavy atom. The highest BCUT2D eigenvalue weighted by atomic mass is 32.2. The van der Waals surface area contributed by atoms with Crippen molar-refractivity contribution in [2.45, 2.75) is 68.9 Å². The van der Waals surface area contributed by atoms with Crippen LogP contribution in [-0.4, -0.2) is 63.0 Å². The SMILES string of the molecule is O=C(CCCC[C@@H]1SC[C@@H]2NC(=O)N[C@@H]21)NCCCCN(Cc1ccccn1)Cc1ccccn1. The lowest BCUT2D eigenvalue weighted by Crippen LogP contribution is -2.36. The monoisotopic (exact) mass is 496 g/mol. The van der Waals surface area contributed by atoms with Crippen LogP contribution in [0, 0.1) is 0 Å². The molecule has 0 aromatic carbocycles. The number of pyridine rings is 2. The smallest absolute Gasteiger partial charge is 0.315 e. The quantitative estimate of drug-likeness (QED) is 0.275. The highest BCUT2D eigenvalue weighted by Gasteiger charge is 2.42. The summed E-state index contributed by atoms with van der Waals surface area (Å²) in [5.74, 6) is 1.12. The fourth-order valence-electron chi connectivity index (χ4n) is 4.71. The van der Waals surface area contributed by atoms with Gasteiger partial charge in [-0.3, -0.25) is 19.7 Å². The number of nitrogens with zero attached hydrogens (tertiary/aromatic N) is 3. The average molecular weight is 497 g/mol. The number of nitrogens with one attached hydrogen (secondary N) is 3. The first-order valence-corrected chi connectivity index (χ1v) is 13.7. The van der Waals surface area contributed by atoms with Gasteiger partial charge in [0.2, 0.25) is 5.91 Å². The van der Waals surface area contributed by atoms with E-state index < -0.39 is 0 Å². The molecule has 2 saturated heterocycles. The second-order valence-electron chi connectivity index (χ2n) is 9.28. The highest BCUT2D eigenvalue weighted by Crippen LogP contribution is 2.33. The standard InChI is InChI=1S/C26H36N6O2S/c33-24(12-2-1-11-23-25-22(19-35-23)30-26(34)31-25)29-15-7-8-16-32(17-20-9-3-5-13-27-20)18-21-10-4-6-14-28-21/h3-6,9-10,13-14,22-23,25H,1-2,7-8,11-12,15-19H2,(H,29,33)(H2,30,31,34)/t22-,23-,25-/m0/s1. The Balaban J connectivity index is 1.09. The number of thioether (sulfide) groups is 1. The van der Waals surface area contributed by atoms with E-state index in [-0.39, 0.29) is 24.0 Å². The second-order valence-corrected chi connectivity index (χ2v) is 10.5. The molecule has 4 heterocycles. The molecule has 0 saturated carbocycles. The van der Waals surface area contributed by atoms with E-state index in [1.54, 1.807) is 0 Å². The molecule has 188 valence electrons. The predicted molar refractivity (Wildman–Crippen MR) is 139 cm³/mol. The maximum Gasteiger partial charge on any atom is 0.315 e. The molecule has 2 aliphatic rings. The first-order valence-electron chi connectivity index (χ1n) is 12.6. The van der Waals surface area contributed by atoms with E-state index in [1.807, 2.05) is 48.4 Å². The lowest BCUT2D eigenvalue weighted by molar-refractivity contribution is -0.121. The van der Waals surface area contributed by atoms with Crippen molar-refractivity contribution >= 4 is 23.7 Å². The fourth-order valence-corrected chi connectivity index (χ4v) is 6.25. The minimum Gasteiger partial charge on any atom is -0.356 e. The van der Waals surface area contributed by atoms with Crippen LogP contribution in [0.2, 0.25) is 0 Å². The van der Waals surface area contributed by atoms with Crippen LogP contribution in [0.1, 0.15) is 49.9 Å². The first-order chi connectivity index (χ1) is 17.2. The molecule has 4 rings (SSSR count). The average Bonchev–Trinajstić information content (AvgIpc) is 3.42. The number of fused-ring (bicyclic) bond motifs is 1. The van der Waals surface area contributed by atoms with Gasteiger partial charge in [0.05, 0.1) is 23.5 Å². The molecule has 3 N–H and O–H groups in total. The summed E-state index contributed by atoms with van der Waals surface area (Å²) < 4.78 is 0. The van der Waals surface area contributed by atoms with Crippen molar-refractivity contribution in [1.82, 2.24) is 30.8 Å². The van der Waals surface area contributed by atoms with Gasteiger partial charge in [-0.15, -0.1) is 0 Å². The minimum absolute atomic E-state index is 0.0405. The summed E-state index contributed by atoms with van der Waals surface area (Å²) >= 11 is 1.93. The topological polar surface area (TPSA) is 99.2 Å². The van der Waals surface area contributed by atoms with Crippen molar-refractivity contribution in [3.05, 3.63) is 60.2 Å². The van der Waals surface area contributed by atoms with Gasteiger partial charge in [0.15, 0.2) is 0 Å². The summed E-state index contributed by atoms with van der Waals surface area (Å²) in [5.41, 5.74) is 2.10. The van der Waals surface area contributed by atoms with Crippen LogP contribution in [0.15, 0.2) is 48.8 Å². The number of hydrogen-bond acceptors (Lipinski definition) is 6. The number of rotatable bonds is 14. The summed E-state index contributed by atoms with van der Waals surface area (Å²) in [6, 6.07) is 12.5. The van der Waals surface area contributed by atoms with Crippen LogP contribution in [-0.2, 0) is 17.9 Å². The van der Waals surface area contributed by atoms with Crippen molar-refractivity contribution in [2.75, 3.05) is 18.8 Å².